The van der Waals surface area contributed by atoms with Gasteiger partial charge in [0.1, 0.15) is 0 Å². The van der Waals surface area contributed by atoms with Crippen LogP contribution in [0.15, 0.2) is 42.6 Å². The van der Waals surface area contributed by atoms with Crippen molar-refractivity contribution in [2.75, 3.05) is 11.9 Å². The highest BCUT2D eigenvalue weighted by Crippen LogP contribution is 2.42. The van der Waals surface area contributed by atoms with Gasteiger partial charge < -0.3 is 10.1 Å². The lowest BCUT2D eigenvalue weighted by molar-refractivity contribution is -0.121. The highest BCUT2D eigenvalue weighted by molar-refractivity contribution is 5.99. The maximum Gasteiger partial charge on any atom is 0.235 e. The van der Waals surface area contributed by atoms with Gasteiger partial charge in [0.25, 0.3) is 0 Å². The van der Waals surface area contributed by atoms with Gasteiger partial charge in [0.2, 0.25) is 11.8 Å². The van der Waals surface area contributed by atoms with Gasteiger partial charge in [-0.1, -0.05) is 49.6 Å². The molecule has 1 fully saturated rings. The Bertz CT molecular complexity index is 702. The molecule has 2 aromatic rings. The minimum Gasteiger partial charge on any atom is -0.478 e. The number of amides is 1. The first-order valence-electron chi connectivity index (χ1n) is 9.11. The Kier molecular flexibility index (Phi) is 5.37. The Balaban J connectivity index is 1.76. The SMILES string of the molecule is CCCOc1ccc(NC(=O)C2(c3ccc(C)cc3)CCCC2)cn1. The molecular formula is C21H26N2O2. The molecule has 1 aliphatic carbocycles. The van der Waals surface area contributed by atoms with Gasteiger partial charge in [-0.05, 0) is 37.8 Å². The quantitative estimate of drug-likeness (QED) is 0.835. The van der Waals surface area contributed by atoms with E-state index in [9.17, 15) is 4.79 Å². The van der Waals surface area contributed by atoms with Crippen LogP contribution in [0.5, 0.6) is 5.88 Å². The summed E-state index contributed by atoms with van der Waals surface area (Å²) in [7, 11) is 0. The Morgan fingerprint density at radius 2 is 1.88 bits per heavy atom. The minimum absolute atomic E-state index is 0.0675. The number of hydrogen-bond donors (Lipinski definition) is 1. The van der Waals surface area contributed by atoms with Crippen molar-refractivity contribution in [1.82, 2.24) is 4.98 Å². The number of ether oxygens (including phenoxy) is 1. The molecular weight excluding hydrogens is 312 g/mol. The smallest absolute Gasteiger partial charge is 0.235 e. The fourth-order valence-electron chi connectivity index (χ4n) is 3.49. The van der Waals surface area contributed by atoms with E-state index >= 15 is 0 Å². The van der Waals surface area contributed by atoms with Crippen LogP contribution < -0.4 is 10.1 Å². The number of aryl methyl sites for hydroxylation is 1. The van der Waals surface area contributed by atoms with Crippen LogP contribution in [0.25, 0.3) is 0 Å². The third-order valence-corrected chi connectivity index (χ3v) is 4.94. The Hall–Kier alpha value is -2.36. The molecule has 4 heteroatoms. The lowest BCUT2D eigenvalue weighted by atomic mass is 9.77. The van der Waals surface area contributed by atoms with Crippen LogP contribution in [0.4, 0.5) is 5.69 Å². The third kappa shape index (κ3) is 3.84. The standard InChI is InChI=1S/C21H26N2O2/c1-3-14-25-19-11-10-18(15-22-19)23-20(24)21(12-4-5-13-21)17-8-6-16(2)7-9-17/h6-11,15H,3-5,12-14H2,1-2H3,(H,23,24). The molecule has 1 aromatic heterocycles. The molecule has 132 valence electrons. The molecule has 0 unspecified atom stereocenters. The van der Waals surface area contributed by atoms with E-state index in [0.29, 0.717) is 18.2 Å². The van der Waals surface area contributed by atoms with E-state index in [-0.39, 0.29) is 5.91 Å². The van der Waals surface area contributed by atoms with Crippen LogP contribution in [0.3, 0.4) is 0 Å². The molecule has 0 saturated heterocycles. The lowest BCUT2D eigenvalue weighted by Gasteiger charge is -2.28. The Labute approximate surface area is 149 Å². The van der Waals surface area contributed by atoms with E-state index in [1.165, 1.54) is 5.56 Å². The summed E-state index contributed by atoms with van der Waals surface area (Å²) in [6, 6.07) is 12.0. The zero-order chi connectivity index (χ0) is 17.7. The van der Waals surface area contributed by atoms with Crippen LogP contribution in [-0.2, 0) is 10.2 Å². The summed E-state index contributed by atoms with van der Waals surface area (Å²) in [5.74, 6) is 0.659. The first-order valence-corrected chi connectivity index (χ1v) is 9.11. The maximum absolute atomic E-state index is 13.1. The normalized spacial score (nSPS) is 15.8. The van der Waals surface area contributed by atoms with Gasteiger partial charge in [0.05, 0.1) is 23.9 Å². The topological polar surface area (TPSA) is 51.2 Å². The fourth-order valence-corrected chi connectivity index (χ4v) is 3.49. The zero-order valence-corrected chi connectivity index (χ0v) is 15.0. The molecule has 1 amide bonds. The molecule has 0 aliphatic heterocycles. The largest absolute Gasteiger partial charge is 0.478 e. The van der Waals surface area contributed by atoms with Gasteiger partial charge in [-0.3, -0.25) is 4.79 Å². The van der Waals surface area contributed by atoms with E-state index in [0.717, 1.165) is 37.7 Å². The second-order valence-corrected chi connectivity index (χ2v) is 6.84. The summed E-state index contributed by atoms with van der Waals surface area (Å²) in [5.41, 5.74) is 2.62. The summed E-state index contributed by atoms with van der Waals surface area (Å²) in [6.45, 7) is 4.77. The summed E-state index contributed by atoms with van der Waals surface area (Å²) >= 11 is 0. The number of aromatic nitrogens is 1. The van der Waals surface area contributed by atoms with E-state index in [1.807, 2.05) is 6.07 Å². The van der Waals surface area contributed by atoms with Crippen molar-refractivity contribution in [3.63, 3.8) is 0 Å². The summed E-state index contributed by atoms with van der Waals surface area (Å²) in [4.78, 5) is 17.4. The van der Waals surface area contributed by atoms with E-state index in [4.69, 9.17) is 4.74 Å². The minimum atomic E-state index is -0.426. The van der Waals surface area contributed by atoms with E-state index < -0.39 is 5.41 Å². The molecule has 25 heavy (non-hydrogen) atoms. The van der Waals surface area contributed by atoms with Crippen molar-refractivity contribution in [2.45, 2.75) is 51.4 Å². The molecule has 1 heterocycles. The van der Waals surface area contributed by atoms with Crippen molar-refractivity contribution in [2.24, 2.45) is 0 Å². The molecule has 1 saturated carbocycles. The van der Waals surface area contributed by atoms with Gasteiger partial charge in [-0.2, -0.15) is 0 Å². The second kappa shape index (κ2) is 7.68. The number of rotatable bonds is 6. The average molecular weight is 338 g/mol. The predicted molar refractivity (Wildman–Crippen MR) is 100.0 cm³/mol. The molecule has 4 nitrogen and oxygen atoms in total. The van der Waals surface area contributed by atoms with Crippen molar-refractivity contribution in [3.8, 4) is 5.88 Å². The van der Waals surface area contributed by atoms with Crippen LogP contribution in [-0.4, -0.2) is 17.5 Å². The van der Waals surface area contributed by atoms with Gasteiger partial charge >= 0.3 is 0 Å². The van der Waals surface area contributed by atoms with Crippen LogP contribution in [0, 0.1) is 6.92 Å². The number of hydrogen-bond acceptors (Lipinski definition) is 3. The van der Waals surface area contributed by atoms with Crippen molar-refractivity contribution in [3.05, 3.63) is 53.7 Å². The molecule has 0 radical (unpaired) electrons. The summed E-state index contributed by atoms with van der Waals surface area (Å²) < 4.78 is 5.49. The number of nitrogens with zero attached hydrogens (tertiary/aromatic N) is 1. The van der Waals surface area contributed by atoms with Crippen molar-refractivity contribution < 1.29 is 9.53 Å². The molecule has 0 atom stereocenters. The number of nitrogens with one attached hydrogen (secondary N) is 1. The van der Waals surface area contributed by atoms with Crippen LogP contribution in [0.2, 0.25) is 0 Å². The number of benzene rings is 1. The average Bonchev–Trinajstić information content (AvgIpc) is 3.13. The zero-order valence-electron chi connectivity index (χ0n) is 15.0. The highest BCUT2D eigenvalue weighted by atomic mass is 16.5. The molecule has 1 aliphatic rings. The Morgan fingerprint density at radius 3 is 2.48 bits per heavy atom. The number of carbonyl (C=O) groups excluding carboxylic acids is 1. The van der Waals surface area contributed by atoms with Gasteiger partial charge in [-0.15, -0.1) is 0 Å². The summed E-state index contributed by atoms with van der Waals surface area (Å²) in [6.07, 6.45) is 6.58. The highest BCUT2D eigenvalue weighted by Gasteiger charge is 2.42. The molecule has 3 rings (SSSR count). The number of anilines is 1. The van der Waals surface area contributed by atoms with Gasteiger partial charge in [-0.25, -0.2) is 4.98 Å². The van der Waals surface area contributed by atoms with Crippen LogP contribution in [0.1, 0.15) is 50.2 Å². The molecule has 0 bridgehead atoms. The van der Waals surface area contributed by atoms with Gasteiger partial charge in [0, 0.05) is 6.07 Å². The lowest BCUT2D eigenvalue weighted by Crippen LogP contribution is -2.38. The first-order chi connectivity index (χ1) is 12.1. The van der Waals surface area contributed by atoms with E-state index in [2.05, 4.69) is 48.4 Å². The third-order valence-electron chi connectivity index (χ3n) is 4.94. The molecule has 0 spiro atoms. The predicted octanol–water partition coefficient (Wildman–Crippen LogP) is 4.63. The van der Waals surface area contributed by atoms with Crippen molar-refractivity contribution >= 4 is 11.6 Å². The molecule has 1 N–H and O–H groups in total. The van der Waals surface area contributed by atoms with Crippen LogP contribution >= 0.6 is 0 Å². The molecule has 1 aromatic carbocycles. The van der Waals surface area contributed by atoms with Gasteiger partial charge in [0.15, 0.2) is 0 Å². The first kappa shape index (κ1) is 17.5. The maximum atomic E-state index is 13.1. The monoisotopic (exact) mass is 338 g/mol. The number of carbonyl (C=O) groups is 1. The number of pyridine rings is 1. The Morgan fingerprint density at radius 1 is 1.16 bits per heavy atom. The van der Waals surface area contributed by atoms with Crippen molar-refractivity contribution in [1.29, 1.82) is 0 Å². The second-order valence-electron chi connectivity index (χ2n) is 6.84. The fraction of sp³-hybridized carbons (Fsp3) is 0.429. The van der Waals surface area contributed by atoms with E-state index in [1.54, 1.807) is 12.3 Å². The summed E-state index contributed by atoms with van der Waals surface area (Å²) in [5, 5.41) is 3.06.